The van der Waals surface area contributed by atoms with Crippen molar-refractivity contribution in [1.82, 2.24) is 4.98 Å². The van der Waals surface area contributed by atoms with E-state index in [1.807, 2.05) is 31.2 Å². The van der Waals surface area contributed by atoms with E-state index in [1.165, 1.54) is 16.9 Å². The van der Waals surface area contributed by atoms with Gasteiger partial charge >= 0.3 is 0 Å². The van der Waals surface area contributed by atoms with Crippen LogP contribution in [0.1, 0.15) is 21.1 Å². The number of benzene rings is 1. The monoisotopic (exact) mass is 247 g/mol. The first kappa shape index (κ1) is 11.8. The summed E-state index contributed by atoms with van der Waals surface area (Å²) in [4.78, 5) is 14.6. The van der Waals surface area contributed by atoms with E-state index in [0.717, 1.165) is 23.5 Å². The highest BCUT2D eigenvalue weighted by Gasteiger charge is 2.01. The molecule has 0 saturated heterocycles. The van der Waals surface area contributed by atoms with Gasteiger partial charge in [0.25, 0.3) is 0 Å². The molecule has 0 aliphatic rings. The molecule has 0 radical (unpaired) electrons. The van der Waals surface area contributed by atoms with Gasteiger partial charge in [-0.1, -0.05) is 12.1 Å². The minimum atomic E-state index is 0.501. The molecule has 2 aromatic rings. The summed E-state index contributed by atoms with van der Waals surface area (Å²) in [5.41, 5.74) is 1.68. The Morgan fingerprint density at radius 2 is 2.35 bits per heavy atom. The summed E-state index contributed by atoms with van der Waals surface area (Å²) in [6, 6.07) is 7.94. The molecule has 0 aliphatic carbocycles. The molecule has 0 N–H and O–H groups in total. The fourth-order valence-corrected chi connectivity index (χ4v) is 2.18. The zero-order valence-corrected chi connectivity index (χ0v) is 10.4. The van der Waals surface area contributed by atoms with Crippen LogP contribution in [0.4, 0.5) is 0 Å². The summed E-state index contributed by atoms with van der Waals surface area (Å²) in [6.45, 7) is 2.61. The van der Waals surface area contributed by atoms with Crippen LogP contribution in [0.5, 0.6) is 5.75 Å². The Hall–Kier alpha value is -1.68. The number of aldehydes is 1. The highest BCUT2D eigenvalue weighted by molar-refractivity contribution is 7.09. The van der Waals surface area contributed by atoms with Crippen molar-refractivity contribution in [3.8, 4) is 5.75 Å². The van der Waals surface area contributed by atoms with Crippen molar-refractivity contribution in [1.29, 1.82) is 0 Å². The number of aryl methyl sites for hydroxylation is 1. The zero-order valence-electron chi connectivity index (χ0n) is 9.55. The third-order valence-electron chi connectivity index (χ3n) is 2.26. The van der Waals surface area contributed by atoms with Crippen LogP contribution < -0.4 is 4.74 Å². The Labute approximate surface area is 104 Å². The number of hydrogen-bond acceptors (Lipinski definition) is 4. The number of hydrogen-bond donors (Lipinski definition) is 0. The predicted octanol–water partition coefficient (Wildman–Crippen LogP) is 2.89. The lowest BCUT2D eigenvalue weighted by atomic mass is 10.2. The van der Waals surface area contributed by atoms with Crippen LogP contribution in [0.25, 0.3) is 0 Å². The third-order valence-corrected chi connectivity index (χ3v) is 3.19. The van der Waals surface area contributed by atoms with Gasteiger partial charge < -0.3 is 4.74 Å². The third kappa shape index (κ3) is 3.39. The van der Waals surface area contributed by atoms with Crippen molar-refractivity contribution in [2.45, 2.75) is 13.3 Å². The van der Waals surface area contributed by atoms with Crippen LogP contribution in [0.15, 0.2) is 29.6 Å². The molecule has 17 heavy (non-hydrogen) atoms. The first-order chi connectivity index (χ1) is 8.28. The second-order valence-electron chi connectivity index (χ2n) is 3.70. The van der Waals surface area contributed by atoms with Gasteiger partial charge in [0, 0.05) is 11.8 Å². The van der Waals surface area contributed by atoms with Crippen LogP contribution in [0.3, 0.4) is 0 Å². The van der Waals surface area contributed by atoms with E-state index in [1.54, 1.807) is 5.38 Å². The van der Waals surface area contributed by atoms with Gasteiger partial charge in [-0.3, -0.25) is 4.79 Å². The van der Waals surface area contributed by atoms with E-state index in [9.17, 15) is 4.79 Å². The summed E-state index contributed by atoms with van der Waals surface area (Å²) in [5.74, 6) is 0.872. The van der Waals surface area contributed by atoms with Crippen LogP contribution in [-0.2, 0) is 6.42 Å². The van der Waals surface area contributed by atoms with Crippen molar-refractivity contribution in [3.05, 3.63) is 45.9 Å². The number of thiazole rings is 1. The van der Waals surface area contributed by atoms with Gasteiger partial charge in [-0.05, 0) is 24.6 Å². The minimum absolute atomic E-state index is 0.501. The number of ether oxygens (including phenoxy) is 1. The Morgan fingerprint density at radius 3 is 3.06 bits per heavy atom. The number of carbonyl (C=O) groups excluding carboxylic acids is 1. The first-order valence-corrected chi connectivity index (χ1v) is 6.25. The van der Waals surface area contributed by atoms with E-state index < -0.39 is 0 Å². The zero-order chi connectivity index (χ0) is 12.1. The SMILES string of the molecule is Cc1cccc(OCCc2nc(C=O)cs2)c1. The van der Waals surface area contributed by atoms with E-state index in [2.05, 4.69) is 4.98 Å². The van der Waals surface area contributed by atoms with E-state index in [0.29, 0.717) is 12.3 Å². The average Bonchev–Trinajstić information content (AvgIpc) is 2.77. The molecule has 3 nitrogen and oxygen atoms in total. The van der Waals surface area contributed by atoms with Crippen LogP contribution in [0.2, 0.25) is 0 Å². The van der Waals surface area contributed by atoms with Crippen molar-refractivity contribution in [2.75, 3.05) is 6.61 Å². The maximum atomic E-state index is 10.5. The molecule has 2 rings (SSSR count). The Morgan fingerprint density at radius 1 is 1.47 bits per heavy atom. The van der Waals surface area contributed by atoms with Gasteiger partial charge in [-0.15, -0.1) is 11.3 Å². The number of rotatable bonds is 5. The Bertz CT molecular complexity index is 508. The smallest absolute Gasteiger partial charge is 0.169 e. The lowest BCUT2D eigenvalue weighted by molar-refractivity contribution is 0.111. The fourth-order valence-electron chi connectivity index (χ4n) is 1.46. The molecule has 0 amide bonds. The van der Waals surface area contributed by atoms with Gasteiger partial charge in [-0.2, -0.15) is 0 Å². The maximum Gasteiger partial charge on any atom is 0.169 e. The number of aromatic nitrogens is 1. The highest BCUT2D eigenvalue weighted by Crippen LogP contribution is 2.14. The van der Waals surface area contributed by atoms with E-state index in [4.69, 9.17) is 4.74 Å². The van der Waals surface area contributed by atoms with Crippen molar-refractivity contribution in [2.24, 2.45) is 0 Å². The topological polar surface area (TPSA) is 39.2 Å². The minimum Gasteiger partial charge on any atom is -0.493 e. The van der Waals surface area contributed by atoms with Gasteiger partial charge in [0.2, 0.25) is 0 Å². The molecule has 88 valence electrons. The van der Waals surface area contributed by atoms with Gasteiger partial charge in [0.15, 0.2) is 6.29 Å². The molecule has 1 aromatic heterocycles. The standard InChI is InChI=1S/C13H13NO2S/c1-10-3-2-4-12(7-10)16-6-5-13-14-11(8-15)9-17-13/h2-4,7-9H,5-6H2,1H3. The molecular weight excluding hydrogens is 234 g/mol. The van der Waals surface area contributed by atoms with Gasteiger partial charge in [-0.25, -0.2) is 4.98 Å². The molecule has 1 aromatic carbocycles. The number of nitrogens with zero attached hydrogens (tertiary/aromatic N) is 1. The van der Waals surface area contributed by atoms with Crippen molar-refractivity contribution in [3.63, 3.8) is 0 Å². The molecule has 0 atom stereocenters. The second-order valence-corrected chi connectivity index (χ2v) is 4.64. The summed E-state index contributed by atoms with van der Waals surface area (Å²) in [5, 5.41) is 2.69. The molecule has 0 aliphatic heterocycles. The molecule has 0 fully saturated rings. The van der Waals surface area contributed by atoms with Crippen LogP contribution in [0, 0.1) is 6.92 Å². The summed E-state index contributed by atoms with van der Waals surface area (Å²) in [7, 11) is 0. The lowest BCUT2D eigenvalue weighted by Gasteiger charge is -2.05. The normalized spacial score (nSPS) is 10.2. The van der Waals surface area contributed by atoms with Gasteiger partial charge in [0.05, 0.1) is 11.6 Å². The fraction of sp³-hybridized carbons (Fsp3) is 0.231. The molecule has 0 saturated carbocycles. The van der Waals surface area contributed by atoms with Crippen LogP contribution >= 0.6 is 11.3 Å². The largest absolute Gasteiger partial charge is 0.493 e. The lowest BCUT2D eigenvalue weighted by Crippen LogP contribution is -2.01. The average molecular weight is 247 g/mol. The highest BCUT2D eigenvalue weighted by atomic mass is 32.1. The molecule has 0 spiro atoms. The van der Waals surface area contributed by atoms with Crippen LogP contribution in [-0.4, -0.2) is 17.9 Å². The quantitative estimate of drug-likeness (QED) is 0.763. The summed E-state index contributed by atoms with van der Waals surface area (Å²) in [6.07, 6.45) is 1.49. The Kier molecular flexibility index (Phi) is 3.88. The van der Waals surface area contributed by atoms with Crippen molar-refractivity contribution < 1.29 is 9.53 Å². The summed E-state index contributed by atoms with van der Waals surface area (Å²) >= 11 is 1.49. The van der Waals surface area contributed by atoms with Gasteiger partial charge in [0.1, 0.15) is 11.4 Å². The molecule has 0 bridgehead atoms. The van der Waals surface area contributed by atoms with Crippen molar-refractivity contribution >= 4 is 17.6 Å². The first-order valence-electron chi connectivity index (χ1n) is 5.37. The predicted molar refractivity (Wildman–Crippen MR) is 67.9 cm³/mol. The molecular formula is C13H13NO2S. The van der Waals surface area contributed by atoms with E-state index >= 15 is 0 Å². The molecule has 4 heteroatoms. The second kappa shape index (κ2) is 5.59. The summed E-state index contributed by atoms with van der Waals surface area (Å²) < 4.78 is 5.61. The maximum absolute atomic E-state index is 10.5. The number of carbonyl (C=O) groups is 1. The molecule has 0 unspecified atom stereocenters. The van der Waals surface area contributed by atoms with E-state index in [-0.39, 0.29) is 0 Å². The Balaban J connectivity index is 1.85. The molecule has 1 heterocycles.